The molecular formula is C13H21NO6. The van der Waals surface area contributed by atoms with E-state index in [4.69, 9.17) is 14.2 Å². The molecule has 1 rings (SSSR count). The van der Waals surface area contributed by atoms with Crippen molar-refractivity contribution in [3.05, 3.63) is 0 Å². The first-order chi connectivity index (χ1) is 9.22. The van der Waals surface area contributed by atoms with Crippen LogP contribution in [-0.2, 0) is 28.6 Å². The Balaban J connectivity index is 3.01. The molecule has 1 aliphatic rings. The summed E-state index contributed by atoms with van der Waals surface area (Å²) in [5, 5.41) is 2.68. The van der Waals surface area contributed by atoms with Crippen LogP contribution in [0.3, 0.4) is 0 Å². The molecule has 1 unspecified atom stereocenters. The summed E-state index contributed by atoms with van der Waals surface area (Å²) in [5.41, 5.74) is 0. The number of rotatable bonds is 3. The maximum absolute atomic E-state index is 11.4. The molecule has 114 valence electrons. The Labute approximate surface area is 117 Å². The zero-order chi connectivity index (χ0) is 15.4. The van der Waals surface area contributed by atoms with Gasteiger partial charge in [0.2, 0.25) is 5.91 Å². The van der Waals surface area contributed by atoms with E-state index in [1.807, 2.05) is 0 Å². The van der Waals surface area contributed by atoms with Crippen LogP contribution >= 0.6 is 0 Å². The molecular weight excluding hydrogens is 266 g/mol. The van der Waals surface area contributed by atoms with Crippen LogP contribution in [0.1, 0.15) is 34.6 Å². The second-order valence-corrected chi connectivity index (χ2v) is 4.92. The van der Waals surface area contributed by atoms with Crippen LogP contribution in [0.25, 0.3) is 0 Å². The Morgan fingerprint density at radius 2 is 1.30 bits per heavy atom. The smallest absolute Gasteiger partial charge is 0.303 e. The van der Waals surface area contributed by atoms with Crippen molar-refractivity contribution in [2.24, 2.45) is 0 Å². The van der Waals surface area contributed by atoms with Gasteiger partial charge in [-0.1, -0.05) is 0 Å². The van der Waals surface area contributed by atoms with Gasteiger partial charge in [-0.05, 0) is 13.8 Å². The molecule has 1 saturated heterocycles. The molecule has 1 N–H and O–H groups in total. The van der Waals surface area contributed by atoms with Gasteiger partial charge >= 0.3 is 11.9 Å². The number of amides is 1. The van der Waals surface area contributed by atoms with Crippen molar-refractivity contribution < 1.29 is 28.6 Å². The molecule has 1 fully saturated rings. The van der Waals surface area contributed by atoms with Crippen molar-refractivity contribution in [2.45, 2.75) is 65.1 Å². The highest BCUT2D eigenvalue weighted by Crippen LogP contribution is 2.25. The van der Waals surface area contributed by atoms with E-state index in [9.17, 15) is 14.4 Å². The van der Waals surface area contributed by atoms with Gasteiger partial charge in [0, 0.05) is 20.8 Å². The number of nitrogens with one attached hydrogen (secondary N) is 1. The standard InChI is InChI=1S/C13H21NO6/c1-6-12(19-9(4)16)11(14-8(3)15)13(7(2)18-6)20-10(5)17/h6-7,11-13H,1-5H3,(H,14,15)/t6-,7+,11?,12-,13+. The van der Waals surface area contributed by atoms with E-state index in [0.717, 1.165) is 0 Å². The predicted molar refractivity (Wildman–Crippen MR) is 68.7 cm³/mol. The van der Waals surface area contributed by atoms with Crippen LogP contribution in [0, 0.1) is 0 Å². The molecule has 0 aromatic heterocycles. The topological polar surface area (TPSA) is 90.9 Å². The number of hydrogen-bond acceptors (Lipinski definition) is 6. The summed E-state index contributed by atoms with van der Waals surface area (Å²) >= 11 is 0. The number of carbonyl (C=O) groups is 3. The minimum atomic E-state index is -0.711. The average Bonchev–Trinajstić information content (AvgIpc) is 2.27. The zero-order valence-corrected chi connectivity index (χ0v) is 12.3. The van der Waals surface area contributed by atoms with E-state index in [1.165, 1.54) is 20.8 Å². The minimum Gasteiger partial charge on any atom is -0.457 e. The first-order valence-corrected chi connectivity index (χ1v) is 6.49. The Hall–Kier alpha value is -1.63. The van der Waals surface area contributed by atoms with E-state index in [2.05, 4.69) is 5.32 Å². The molecule has 0 saturated carbocycles. The Kier molecular flexibility index (Phi) is 5.50. The summed E-state index contributed by atoms with van der Waals surface area (Å²) in [4.78, 5) is 33.8. The quantitative estimate of drug-likeness (QED) is 0.744. The third-order valence-electron chi connectivity index (χ3n) is 3.04. The van der Waals surface area contributed by atoms with Gasteiger partial charge < -0.3 is 19.5 Å². The summed E-state index contributed by atoms with van der Waals surface area (Å²) in [5.74, 6) is -1.28. The summed E-state index contributed by atoms with van der Waals surface area (Å²) in [7, 11) is 0. The highest BCUT2D eigenvalue weighted by Gasteiger charge is 2.46. The summed E-state index contributed by atoms with van der Waals surface area (Å²) in [6.45, 7) is 7.37. The van der Waals surface area contributed by atoms with Crippen molar-refractivity contribution in [1.29, 1.82) is 0 Å². The number of hydrogen-bond donors (Lipinski definition) is 1. The van der Waals surface area contributed by atoms with E-state index in [0.29, 0.717) is 0 Å². The normalized spacial score (nSPS) is 33.1. The third kappa shape index (κ3) is 4.19. The van der Waals surface area contributed by atoms with E-state index in [1.54, 1.807) is 13.8 Å². The summed E-state index contributed by atoms with van der Waals surface area (Å²) in [6, 6.07) is -0.640. The van der Waals surface area contributed by atoms with Crippen molar-refractivity contribution in [2.75, 3.05) is 0 Å². The fraction of sp³-hybridized carbons (Fsp3) is 0.769. The molecule has 20 heavy (non-hydrogen) atoms. The van der Waals surface area contributed by atoms with Crippen molar-refractivity contribution in [1.82, 2.24) is 5.32 Å². The molecule has 1 aliphatic heterocycles. The lowest BCUT2D eigenvalue weighted by molar-refractivity contribution is -0.206. The molecule has 0 aromatic rings. The second-order valence-electron chi connectivity index (χ2n) is 4.92. The number of esters is 2. The molecule has 5 atom stereocenters. The number of carbonyl (C=O) groups excluding carboxylic acids is 3. The van der Waals surface area contributed by atoms with Gasteiger partial charge in [0.15, 0.2) is 12.2 Å². The molecule has 0 bridgehead atoms. The molecule has 0 aromatic carbocycles. The Bertz CT molecular complexity index is 368. The Morgan fingerprint density at radius 3 is 1.60 bits per heavy atom. The summed E-state index contributed by atoms with van der Waals surface area (Å²) in [6.07, 6.45) is -2.26. The van der Waals surface area contributed by atoms with Crippen LogP contribution in [0.2, 0.25) is 0 Å². The monoisotopic (exact) mass is 287 g/mol. The zero-order valence-electron chi connectivity index (χ0n) is 12.3. The van der Waals surface area contributed by atoms with Crippen LogP contribution in [0.15, 0.2) is 0 Å². The SMILES string of the molecule is CC(=O)NC1[C@@H](OC(C)=O)[C@H](C)O[C@H](C)[C@H]1OC(C)=O. The molecule has 0 aliphatic carbocycles. The maximum atomic E-state index is 11.4. The molecule has 0 spiro atoms. The fourth-order valence-corrected chi connectivity index (χ4v) is 2.38. The second kappa shape index (κ2) is 6.69. The molecule has 0 radical (unpaired) electrons. The van der Waals surface area contributed by atoms with Crippen LogP contribution in [0.4, 0.5) is 0 Å². The van der Waals surface area contributed by atoms with E-state index < -0.39 is 42.4 Å². The first-order valence-electron chi connectivity index (χ1n) is 6.49. The molecule has 1 amide bonds. The van der Waals surface area contributed by atoms with Gasteiger partial charge in [0.1, 0.15) is 6.04 Å². The molecule has 1 heterocycles. The van der Waals surface area contributed by atoms with Crippen molar-refractivity contribution in [3.8, 4) is 0 Å². The van der Waals surface area contributed by atoms with Gasteiger partial charge in [-0.15, -0.1) is 0 Å². The lowest BCUT2D eigenvalue weighted by Gasteiger charge is -2.43. The van der Waals surface area contributed by atoms with Gasteiger partial charge in [-0.3, -0.25) is 14.4 Å². The summed E-state index contributed by atoms with van der Waals surface area (Å²) < 4.78 is 16.0. The van der Waals surface area contributed by atoms with E-state index >= 15 is 0 Å². The number of ether oxygens (including phenoxy) is 3. The predicted octanol–water partition coefficient (Wildman–Crippen LogP) is 0.162. The fourth-order valence-electron chi connectivity index (χ4n) is 2.38. The third-order valence-corrected chi connectivity index (χ3v) is 3.04. The van der Waals surface area contributed by atoms with Crippen LogP contribution in [-0.4, -0.2) is 48.3 Å². The van der Waals surface area contributed by atoms with Gasteiger partial charge in [0.05, 0.1) is 12.2 Å². The minimum absolute atomic E-state index is 0.300. The largest absolute Gasteiger partial charge is 0.457 e. The van der Waals surface area contributed by atoms with Crippen LogP contribution < -0.4 is 5.32 Å². The van der Waals surface area contributed by atoms with E-state index in [-0.39, 0.29) is 5.91 Å². The lowest BCUT2D eigenvalue weighted by atomic mass is 9.93. The first kappa shape index (κ1) is 16.4. The van der Waals surface area contributed by atoms with Crippen molar-refractivity contribution >= 4 is 17.8 Å². The van der Waals surface area contributed by atoms with Crippen molar-refractivity contribution in [3.63, 3.8) is 0 Å². The maximum Gasteiger partial charge on any atom is 0.303 e. The average molecular weight is 287 g/mol. The molecule has 7 heteroatoms. The highest BCUT2D eigenvalue weighted by molar-refractivity contribution is 5.74. The lowest BCUT2D eigenvalue weighted by Crippen LogP contribution is -2.64. The Morgan fingerprint density at radius 1 is 0.900 bits per heavy atom. The van der Waals surface area contributed by atoms with Gasteiger partial charge in [-0.2, -0.15) is 0 Å². The van der Waals surface area contributed by atoms with Crippen LogP contribution in [0.5, 0.6) is 0 Å². The van der Waals surface area contributed by atoms with Gasteiger partial charge in [0.25, 0.3) is 0 Å². The molecule has 7 nitrogen and oxygen atoms in total. The van der Waals surface area contributed by atoms with Gasteiger partial charge in [-0.25, -0.2) is 0 Å². The highest BCUT2D eigenvalue weighted by atomic mass is 16.6.